The molecule has 0 heterocycles. The van der Waals surface area contributed by atoms with Crippen molar-refractivity contribution in [3.63, 3.8) is 0 Å². The highest BCUT2D eigenvalue weighted by atomic mass is 16.6. The Hall–Kier alpha value is -1.52. The Morgan fingerprint density at radius 1 is 1.44 bits per heavy atom. The molecule has 0 aliphatic carbocycles. The van der Waals surface area contributed by atoms with Crippen molar-refractivity contribution in [2.75, 3.05) is 6.54 Å². The Balaban J connectivity index is 3.88. The zero-order chi connectivity index (χ0) is 12.8. The van der Waals surface area contributed by atoms with E-state index in [1.54, 1.807) is 27.7 Å². The van der Waals surface area contributed by atoms with Gasteiger partial charge in [0.05, 0.1) is 0 Å². The van der Waals surface area contributed by atoms with E-state index < -0.39 is 17.7 Å². The van der Waals surface area contributed by atoms with Crippen molar-refractivity contribution in [2.45, 2.75) is 33.3 Å². The van der Waals surface area contributed by atoms with Crippen LogP contribution in [0.15, 0.2) is 12.2 Å². The first kappa shape index (κ1) is 14.5. The fourth-order valence-corrected chi connectivity index (χ4v) is 0.873. The number of carboxylic acids is 1. The quantitative estimate of drug-likeness (QED) is 0.720. The van der Waals surface area contributed by atoms with Crippen LogP contribution in [0.1, 0.15) is 27.7 Å². The first-order valence-corrected chi connectivity index (χ1v) is 5.08. The fraction of sp³-hybridized carbons (Fsp3) is 0.636. The summed E-state index contributed by atoms with van der Waals surface area (Å²) < 4.78 is 5.02. The van der Waals surface area contributed by atoms with E-state index in [0.29, 0.717) is 6.54 Å². The second-order valence-electron chi connectivity index (χ2n) is 4.56. The molecule has 0 saturated carbocycles. The van der Waals surface area contributed by atoms with Crippen LogP contribution >= 0.6 is 0 Å². The van der Waals surface area contributed by atoms with Crippen molar-refractivity contribution in [1.82, 2.24) is 5.32 Å². The number of rotatable bonds is 4. The third kappa shape index (κ3) is 9.05. The molecule has 0 aromatic heterocycles. The Morgan fingerprint density at radius 2 is 2.00 bits per heavy atom. The first-order chi connectivity index (χ1) is 7.20. The molecule has 5 heteroatoms. The zero-order valence-electron chi connectivity index (χ0n) is 10.1. The third-order valence-electron chi connectivity index (χ3n) is 1.53. The summed E-state index contributed by atoms with van der Waals surface area (Å²) in [5.74, 6) is -1.05. The fourth-order valence-electron chi connectivity index (χ4n) is 0.873. The van der Waals surface area contributed by atoms with Crippen molar-refractivity contribution in [1.29, 1.82) is 0 Å². The molecule has 1 amide bonds. The maximum atomic E-state index is 11.2. The normalized spacial score (nSPS) is 13.5. The van der Waals surface area contributed by atoms with Gasteiger partial charge in [0.2, 0.25) is 0 Å². The minimum atomic E-state index is -0.996. The molecule has 2 N–H and O–H groups in total. The van der Waals surface area contributed by atoms with Crippen molar-refractivity contribution < 1.29 is 19.4 Å². The molecule has 0 spiro atoms. The van der Waals surface area contributed by atoms with Gasteiger partial charge < -0.3 is 15.2 Å². The third-order valence-corrected chi connectivity index (χ3v) is 1.53. The molecule has 0 bridgehead atoms. The predicted molar refractivity (Wildman–Crippen MR) is 60.2 cm³/mol. The first-order valence-electron chi connectivity index (χ1n) is 5.08. The van der Waals surface area contributed by atoms with Crippen LogP contribution in [0.5, 0.6) is 0 Å². The van der Waals surface area contributed by atoms with E-state index in [1.165, 1.54) is 6.08 Å². The van der Waals surface area contributed by atoms with Gasteiger partial charge in [0, 0.05) is 12.6 Å². The summed E-state index contributed by atoms with van der Waals surface area (Å²) in [5.41, 5.74) is -0.524. The topological polar surface area (TPSA) is 75.6 Å². The van der Waals surface area contributed by atoms with Gasteiger partial charge in [-0.2, -0.15) is 0 Å². The molecule has 0 radical (unpaired) electrons. The van der Waals surface area contributed by atoms with Crippen molar-refractivity contribution in [2.24, 2.45) is 5.92 Å². The predicted octanol–water partition coefficient (Wildman–Crippen LogP) is 1.79. The average Bonchev–Trinajstić information content (AvgIpc) is 2.08. The average molecular weight is 229 g/mol. The van der Waals surface area contributed by atoms with Crippen LogP contribution in [0.4, 0.5) is 4.79 Å². The number of carbonyl (C=O) groups is 2. The monoisotopic (exact) mass is 229 g/mol. The molecule has 1 atom stereocenters. The maximum absolute atomic E-state index is 11.2. The van der Waals surface area contributed by atoms with Crippen LogP contribution in [-0.2, 0) is 9.53 Å². The number of hydrogen-bond acceptors (Lipinski definition) is 3. The van der Waals surface area contributed by atoms with Crippen LogP contribution in [0, 0.1) is 5.92 Å². The molecular formula is C11H19NO4. The lowest BCUT2D eigenvalue weighted by Gasteiger charge is -2.20. The second kappa shape index (κ2) is 6.15. The molecule has 1 unspecified atom stereocenters. The second-order valence-corrected chi connectivity index (χ2v) is 4.56. The minimum absolute atomic E-state index is 0.0522. The lowest BCUT2D eigenvalue weighted by Crippen LogP contribution is -2.34. The number of carboxylic acid groups (broad SMARTS) is 1. The van der Waals surface area contributed by atoms with Gasteiger partial charge in [-0.25, -0.2) is 9.59 Å². The standard InChI is InChI=1S/C11H19NO4/c1-8(5-6-9(13)14)7-12-10(15)16-11(2,3)4/h5-6,8H,7H2,1-4H3,(H,12,15)(H,13,14). The van der Waals surface area contributed by atoms with Crippen LogP contribution in [0.2, 0.25) is 0 Å². The maximum Gasteiger partial charge on any atom is 0.407 e. The molecule has 0 rings (SSSR count). The smallest absolute Gasteiger partial charge is 0.407 e. The van der Waals surface area contributed by atoms with E-state index in [0.717, 1.165) is 6.08 Å². The highest BCUT2D eigenvalue weighted by Crippen LogP contribution is 2.06. The van der Waals surface area contributed by atoms with Gasteiger partial charge in [0.15, 0.2) is 0 Å². The van der Waals surface area contributed by atoms with Crippen LogP contribution in [0.3, 0.4) is 0 Å². The Kier molecular flexibility index (Phi) is 5.56. The van der Waals surface area contributed by atoms with Gasteiger partial charge in [-0.1, -0.05) is 13.0 Å². The number of nitrogens with one attached hydrogen (secondary N) is 1. The van der Waals surface area contributed by atoms with E-state index in [9.17, 15) is 9.59 Å². The highest BCUT2D eigenvalue weighted by Gasteiger charge is 2.15. The Morgan fingerprint density at radius 3 is 2.44 bits per heavy atom. The number of carbonyl (C=O) groups excluding carboxylic acids is 1. The summed E-state index contributed by atoms with van der Waals surface area (Å²) in [6.45, 7) is 7.48. The highest BCUT2D eigenvalue weighted by molar-refractivity contribution is 5.79. The molecule has 92 valence electrons. The minimum Gasteiger partial charge on any atom is -0.478 e. The summed E-state index contributed by atoms with van der Waals surface area (Å²) in [6, 6.07) is 0. The molecule has 0 aliphatic rings. The molecular weight excluding hydrogens is 210 g/mol. The molecule has 0 aliphatic heterocycles. The summed E-state index contributed by atoms with van der Waals surface area (Å²) in [5, 5.41) is 11.0. The number of ether oxygens (including phenoxy) is 1. The van der Waals surface area contributed by atoms with Crippen molar-refractivity contribution in [3.05, 3.63) is 12.2 Å². The lowest BCUT2D eigenvalue weighted by atomic mass is 10.1. The molecule has 0 aromatic carbocycles. The number of hydrogen-bond donors (Lipinski definition) is 2. The number of aliphatic carboxylic acids is 1. The zero-order valence-corrected chi connectivity index (χ0v) is 10.1. The molecule has 0 fully saturated rings. The summed E-state index contributed by atoms with van der Waals surface area (Å²) in [7, 11) is 0. The van der Waals surface area contributed by atoms with Crippen LogP contribution in [-0.4, -0.2) is 29.3 Å². The van der Waals surface area contributed by atoms with E-state index in [-0.39, 0.29) is 5.92 Å². The number of amides is 1. The van der Waals surface area contributed by atoms with E-state index in [4.69, 9.17) is 9.84 Å². The SMILES string of the molecule is CC(C=CC(=O)O)CNC(=O)OC(C)(C)C. The van der Waals surface area contributed by atoms with Crippen molar-refractivity contribution in [3.8, 4) is 0 Å². The Labute approximate surface area is 95.5 Å². The van der Waals surface area contributed by atoms with Gasteiger partial charge in [-0.3, -0.25) is 0 Å². The summed E-state index contributed by atoms with van der Waals surface area (Å²) >= 11 is 0. The van der Waals surface area contributed by atoms with Crippen molar-refractivity contribution >= 4 is 12.1 Å². The molecule has 16 heavy (non-hydrogen) atoms. The molecule has 0 saturated heterocycles. The molecule has 0 aromatic rings. The lowest BCUT2D eigenvalue weighted by molar-refractivity contribution is -0.131. The van der Waals surface area contributed by atoms with Crippen LogP contribution in [0.25, 0.3) is 0 Å². The van der Waals surface area contributed by atoms with Crippen LogP contribution < -0.4 is 5.32 Å². The van der Waals surface area contributed by atoms with Gasteiger partial charge in [-0.05, 0) is 26.7 Å². The van der Waals surface area contributed by atoms with E-state index >= 15 is 0 Å². The largest absolute Gasteiger partial charge is 0.478 e. The van der Waals surface area contributed by atoms with Gasteiger partial charge in [0.25, 0.3) is 0 Å². The van der Waals surface area contributed by atoms with Gasteiger partial charge >= 0.3 is 12.1 Å². The van der Waals surface area contributed by atoms with Gasteiger partial charge in [-0.15, -0.1) is 0 Å². The molecule has 5 nitrogen and oxygen atoms in total. The van der Waals surface area contributed by atoms with E-state index in [1.807, 2.05) is 0 Å². The Bertz CT molecular complexity index is 278. The van der Waals surface area contributed by atoms with Gasteiger partial charge in [0.1, 0.15) is 5.60 Å². The summed E-state index contributed by atoms with van der Waals surface area (Å²) in [4.78, 5) is 21.5. The van der Waals surface area contributed by atoms with E-state index in [2.05, 4.69) is 5.32 Å². The summed E-state index contributed by atoms with van der Waals surface area (Å²) in [6.07, 6.45) is 2.07. The number of alkyl carbamates (subject to hydrolysis) is 1.